The van der Waals surface area contributed by atoms with Crippen molar-refractivity contribution in [2.45, 2.75) is 79.6 Å². The highest BCUT2D eigenvalue weighted by atomic mass is 14.8. The third kappa shape index (κ3) is 16.0. The average molecular weight is 241 g/mol. The summed E-state index contributed by atoms with van der Waals surface area (Å²) < 4.78 is 0. The quantitative estimate of drug-likeness (QED) is 0.530. The minimum atomic E-state index is 0.476. The van der Waals surface area contributed by atoms with E-state index >= 15 is 0 Å². The third-order valence-electron chi connectivity index (χ3n) is 3.19. The molecule has 0 atom stereocenters. The summed E-state index contributed by atoms with van der Waals surface area (Å²) in [6.45, 7) is 14.0. The van der Waals surface area contributed by atoms with E-state index in [-0.39, 0.29) is 0 Å². The van der Waals surface area contributed by atoms with Crippen LogP contribution in [0.4, 0.5) is 0 Å². The van der Waals surface area contributed by atoms with Crippen molar-refractivity contribution in [3.05, 3.63) is 0 Å². The third-order valence-corrected chi connectivity index (χ3v) is 3.19. The van der Waals surface area contributed by atoms with Crippen molar-refractivity contribution in [2.75, 3.05) is 13.1 Å². The first kappa shape index (κ1) is 17.0. The molecule has 0 heterocycles. The second-order valence-electron chi connectivity index (χ2n) is 7.01. The van der Waals surface area contributed by atoms with Gasteiger partial charge in [-0.25, -0.2) is 0 Å². The highest BCUT2D eigenvalue weighted by molar-refractivity contribution is 4.63. The molecule has 0 saturated heterocycles. The molecule has 0 radical (unpaired) electrons. The Morgan fingerprint density at radius 1 is 0.824 bits per heavy atom. The molecule has 1 heteroatoms. The van der Waals surface area contributed by atoms with E-state index in [2.05, 4.69) is 39.9 Å². The van der Waals surface area contributed by atoms with Gasteiger partial charge in [-0.3, -0.25) is 0 Å². The van der Waals surface area contributed by atoms with E-state index in [4.69, 9.17) is 0 Å². The van der Waals surface area contributed by atoms with Gasteiger partial charge in [-0.15, -0.1) is 0 Å². The SMILES string of the molecule is CC(C)CCCCCCCNCCC(C)(C)C. The summed E-state index contributed by atoms with van der Waals surface area (Å²) in [7, 11) is 0. The van der Waals surface area contributed by atoms with Crippen LogP contribution >= 0.6 is 0 Å². The van der Waals surface area contributed by atoms with Gasteiger partial charge in [-0.05, 0) is 37.3 Å². The molecule has 0 aromatic heterocycles. The first-order valence-electron chi connectivity index (χ1n) is 7.62. The van der Waals surface area contributed by atoms with E-state index in [0.717, 1.165) is 5.92 Å². The second kappa shape index (κ2) is 9.94. The molecule has 0 spiro atoms. The maximum atomic E-state index is 3.55. The predicted molar refractivity (Wildman–Crippen MR) is 79.5 cm³/mol. The van der Waals surface area contributed by atoms with Gasteiger partial charge < -0.3 is 5.32 Å². The predicted octanol–water partition coefficient (Wildman–Crippen LogP) is 5.01. The largest absolute Gasteiger partial charge is 0.317 e. The molecule has 0 bridgehead atoms. The first-order chi connectivity index (χ1) is 7.92. The summed E-state index contributed by atoms with van der Waals surface area (Å²) in [5.74, 6) is 0.883. The maximum absolute atomic E-state index is 3.55. The van der Waals surface area contributed by atoms with Gasteiger partial charge in [0.15, 0.2) is 0 Å². The number of unbranched alkanes of at least 4 members (excludes halogenated alkanes) is 4. The molecule has 0 saturated carbocycles. The molecule has 0 fully saturated rings. The first-order valence-corrected chi connectivity index (χ1v) is 7.62. The summed E-state index contributed by atoms with van der Waals surface area (Å²) in [6.07, 6.45) is 9.72. The fourth-order valence-corrected chi connectivity index (χ4v) is 1.92. The Bertz CT molecular complexity index is 155. The molecule has 0 unspecified atom stereocenters. The van der Waals surface area contributed by atoms with E-state index in [1.54, 1.807) is 0 Å². The maximum Gasteiger partial charge on any atom is -0.00439 e. The van der Waals surface area contributed by atoms with Crippen LogP contribution in [0.5, 0.6) is 0 Å². The van der Waals surface area contributed by atoms with Crippen LogP contribution in [0, 0.1) is 11.3 Å². The second-order valence-corrected chi connectivity index (χ2v) is 7.01. The van der Waals surface area contributed by atoms with E-state index < -0.39 is 0 Å². The monoisotopic (exact) mass is 241 g/mol. The number of hydrogen-bond acceptors (Lipinski definition) is 1. The lowest BCUT2D eigenvalue weighted by atomic mass is 9.92. The number of rotatable bonds is 10. The summed E-state index contributed by atoms with van der Waals surface area (Å²) >= 11 is 0. The van der Waals surface area contributed by atoms with Crippen molar-refractivity contribution >= 4 is 0 Å². The fraction of sp³-hybridized carbons (Fsp3) is 1.00. The molecule has 0 rings (SSSR count). The van der Waals surface area contributed by atoms with Crippen molar-refractivity contribution in [3.8, 4) is 0 Å². The van der Waals surface area contributed by atoms with E-state index in [9.17, 15) is 0 Å². The molecule has 17 heavy (non-hydrogen) atoms. The topological polar surface area (TPSA) is 12.0 Å². The Kier molecular flexibility index (Phi) is 9.91. The van der Waals surface area contributed by atoms with Crippen LogP contribution in [-0.2, 0) is 0 Å². The average Bonchev–Trinajstić information content (AvgIpc) is 2.18. The van der Waals surface area contributed by atoms with Crippen molar-refractivity contribution in [1.29, 1.82) is 0 Å². The molecule has 0 aromatic carbocycles. The summed E-state index contributed by atoms with van der Waals surface area (Å²) in [5.41, 5.74) is 0.476. The molecule has 1 N–H and O–H groups in total. The minimum Gasteiger partial charge on any atom is -0.317 e. The molecule has 1 nitrogen and oxygen atoms in total. The molecular formula is C16H35N. The van der Waals surface area contributed by atoms with Crippen LogP contribution in [0.3, 0.4) is 0 Å². The highest BCUT2D eigenvalue weighted by Gasteiger charge is 2.08. The molecule has 0 aliphatic heterocycles. The van der Waals surface area contributed by atoms with Gasteiger partial charge in [0.1, 0.15) is 0 Å². The minimum absolute atomic E-state index is 0.476. The lowest BCUT2D eigenvalue weighted by Crippen LogP contribution is -2.21. The van der Waals surface area contributed by atoms with Crippen LogP contribution < -0.4 is 5.32 Å². The molecule has 0 aliphatic rings. The lowest BCUT2D eigenvalue weighted by Gasteiger charge is -2.18. The standard InChI is InChI=1S/C16H35N/c1-15(2)11-9-7-6-8-10-13-17-14-12-16(3,4)5/h15,17H,6-14H2,1-5H3. The summed E-state index contributed by atoms with van der Waals surface area (Å²) in [5, 5.41) is 3.55. The van der Waals surface area contributed by atoms with Crippen LogP contribution in [0.2, 0.25) is 0 Å². The molecule has 0 amide bonds. The zero-order valence-corrected chi connectivity index (χ0v) is 12.9. The van der Waals surface area contributed by atoms with E-state index in [1.165, 1.54) is 58.0 Å². The molecule has 0 aliphatic carbocycles. The van der Waals surface area contributed by atoms with Crippen molar-refractivity contribution in [2.24, 2.45) is 11.3 Å². The Balaban J connectivity index is 3.04. The van der Waals surface area contributed by atoms with E-state index in [0.29, 0.717) is 5.41 Å². The zero-order valence-electron chi connectivity index (χ0n) is 12.9. The van der Waals surface area contributed by atoms with Crippen molar-refractivity contribution in [3.63, 3.8) is 0 Å². The normalized spacial score (nSPS) is 12.4. The number of hydrogen-bond donors (Lipinski definition) is 1. The van der Waals surface area contributed by atoms with Crippen molar-refractivity contribution in [1.82, 2.24) is 5.32 Å². The van der Waals surface area contributed by atoms with Crippen LogP contribution in [-0.4, -0.2) is 13.1 Å². The Morgan fingerprint density at radius 2 is 1.41 bits per heavy atom. The number of nitrogens with one attached hydrogen (secondary N) is 1. The van der Waals surface area contributed by atoms with Gasteiger partial charge in [-0.2, -0.15) is 0 Å². The Labute approximate surface area is 110 Å². The Hall–Kier alpha value is -0.0400. The van der Waals surface area contributed by atoms with E-state index in [1.807, 2.05) is 0 Å². The van der Waals surface area contributed by atoms with Crippen LogP contribution in [0.1, 0.15) is 79.6 Å². The Morgan fingerprint density at radius 3 is 2.00 bits per heavy atom. The van der Waals surface area contributed by atoms with Crippen LogP contribution in [0.15, 0.2) is 0 Å². The molecule has 104 valence electrons. The van der Waals surface area contributed by atoms with Gasteiger partial charge in [0.25, 0.3) is 0 Å². The lowest BCUT2D eigenvalue weighted by molar-refractivity contribution is 0.366. The summed E-state index contributed by atoms with van der Waals surface area (Å²) in [4.78, 5) is 0. The fourth-order valence-electron chi connectivity index (χ4n) is 1.92. The smallest absolute Gasteiger partial charge is 0.00439 e. The molecule has 0 aromatic rings. The summed E-state index contributed by atoms with van der Waals surface area (Å²) in [6, 6.07) is 0. The van der Waals surface area contributed by atoms with Crippen molar-refractivity contribution < 1.29 is 0 Å². The van der Waals surface area contributed by atoms with Gasteiger partial charge in [-0.1, -0.05) is 66.7 Å². The van der Waals surface area contributed by atoms with Gasteiger partial charge in [0.05, 0.1) is 0 Å². The molecular weight excluding hydrogens is 206 g/mol. The zero-order chi connectivity index (χ0) is 13.1. The highest BCUT2D eigenvalue weighted by Crippen LogP contribution is 2.16. The van der Waals surface area contributed by atoms with Crippen LogP contribution in [0.25, 0.3) is 0 Å². The van der Waals surface area contributed by atoms with Gasteiger partial charge >= 0.3 is 0 Å². The van der Waals surface area contributed by atoms with Gasteiger partial charge in [0, 0.05) is 0 Å². The van der Waals surface area contributed by atoms with Gasteiger partial charge in [0.2, 0.25) is 0 Å².